The lowest BCUT2D eigenvalue weighted by atomic mass is 10.1. The molecule has 0 bridgehead atoms. The molecule has 102 valence electrons. The highest BCUT2D eigenvalue weighted by molar-refractivity contribution is 14.1. The molecule has 0 aliphatic carbocycles. The van der Waals surface area contributed by atoms with E-state index in [-0.39, 0.29) is 10.6 Å². The Morgan fingerprint density at radius 1 is 1.15 bits per heavy atom. The summed E-state index contributed by atoms with van der Waals surface area (Å²) in [6.45, 7) is 2.33. The summed E-state index contributed by atoms with van der Waals surface area (Å²) < 4.78 is 0.891. The number of hydrogen-bond acceptors (Lipinski definition) is 3. The summed E-state index contributed by atoms with van der Waals surface area (Å²) in [5.74, 6) is 0. The van der Waals surface area contributed by atoms with Crippen molar-refractivity contribution >= 4 is 28.3 Å². The molecule has 5 heteroatoms. The van der Waals surface area contributed by atoms with Crippen LogP contribution in [0.3, 0.4) is 0 Å². The maximum atomic E-state index is 11.1. The molecule has 2 aromatic carbocycles. The summed E-state index contributed by atoms with van der Waals surface area (Å²) >= 11 is 2.10. The summed E-state index contributed by atoms with van der Waals surface area (Å²) in [5, 5.41) is 11.1. The van der Waals surface area contributed by atoms with Crippen LogP contribution in [0.1, 0.15) is 16.7 Å². The summed E-state index contributed by atoms with van der Waals surface area (Å²) in [5.41, 5.74) is 3.64. The van der Waals surface area contributed by atoms with Gasteiger partial charge in [0.1, 0.15) is 0 Å². The zero-order valence-electron chi connectivity index (χ0n) is 10.8. The smallest absolute Gasteiger partial charge is 0.274 e. The second-order valence-electron chi connectivity index (χ2n) is 4.94. The quantitative estimate of drug-likeness (QED) is 0.463. The van der Waals surface area contributed by atoms with E-state index in [1.165, 1.54) is 11.1 Å². The van der Waals surface area contributed by atoms with Gasteiger partial charge in [0.15, 0.2) is 0 Å². The van der Waals surface area contributed by atoms with E-state index in [0.717, 1.165) is 22.2 Å². The summed E-state index contributed by atoms with van der Waals surface area (Å²) in [7, 11) is 0. The second-order valence-corrected chi connectivity index (χ2v) is 6.19. The number of rotatable bonds is 3. The minimum Gasteiger partial charge on any atom is -0.290 e. The van der Waals surface area contributed by atoms with Crippen molar-refractivity contribution < 1.29 is 4.92 Å². The van der Waals surface area contributed by atoms with Crippen LogP contribution < -0.4 is 0 Å². The molecule has 4 nitrogen and oxygen atoms in total. The highest BCUT2D eigenvalue weighted by Gasteiger charge is 2.22. The minimum absolute atomic E-state index is 0.216. The molecule has 0 saturated carbocycles. The van der Waals surface area contributed by atoms with Crippen LogP contribution in [0.2, 0.25) is 0 Å². The molecular weight excluding hydrogens is 367 g/mol. The van der Waals surface area contributed by atoms with Crippen LogP contribution in [0.25, 0.3) is 0 Å². The van der Waals surface area contributed by atoms with Gasteiger partial charge in [0.2, 0.25) is 0 Å². The van der Waals surface area contributed by atoms with Crippen molar-refractivity contribution in [2.45, 2.75) is 19.6 Å². The predicted molar refractivity (Wildman–Crippen MR) is 85.2 cm³/mol. The number of halogens is 1. The molecule has 0 saturated heterocycles. The van der Waals surface area contributed by atoms with Crippen LogP contribution in [-0.2, 0) is 19.6 Å². The zero-order valence-corrected chi connectivity index (χ0v) is 12.9. The largest absolute Gasteiger partial charge is 0.290 e. The van der Waals surface area contributed by atoms with E-state index in [1.54, 1.807) is 6.07 Å². The SMILES string of the molecule is O=[N+]([O-])c1cc(I)ccc1CN1Cc2ccccc2C1. The average Bonchev–Trinajstić information content (AvgIpc) is 2.82. The molecular formula is C15H13IN2O2. The summed E-state index contributed by atoms with van der Waals surface area (Å²) in [6.07, 6.45) is 0. The maximum absolute atomic E-state index is 11.1. The first-order valence-electron chi connectivity index (χ1n) is 6.35. The third kappa shape index (κ3) is 2.69. The Balaban J connectivity index is 1.82. The van der Waals surface area contributed by atoms with Crippen molar-refractivity contribution in [1.82, 2.24) is 4.90 Å². The average molecular weight is 380 g/mol. The van der Waals surface area contributed by atoms with Crippen molar-refractivity contribution in [2.24, 2.45) is 0 Å². The van der Waals surface area contributed by atoms with E-state index in [1.807, 2.05) is 24.3 Å². The number of fused-ring (bicyclic) bond motifs is 1. The van der Waals surface area contributed by atoms with E-state index >= 15 is 0 Å². The topological polar surface area (TPSA) is 46.4 Å². The van der Waals surface area contributed by atoms with Crippen molar-refractivity contribution in [3.05, 3.63) is 72.8 Å². The van der Waals surface area contributed by atoms with Gasteiger partial charge in [-0.2, -0.15) is 0 Å². The third-order valence-corrected chi connectivity index (χ3v) is 4.22. The standard InChI is InChI=1S/C15H13IN2O2/c16-14-6-5-13(15(7-14)18(19)20)10-17-8-11-3-1-2-4-12(11)9-17/h1-7H,8-10H2. The van der Waals surface area contributed by atoms with E-state index in [4.69, 9.17) is 0 Å². The monoisotopic (exact) mass is 380 g/mol. The molecule has 0 N–H and O–H groups in total. The second kappa shape index (κ2) is 5.49. The van der Waals surface area contributed by atoms with Crippen LogP contribution in [0, 0.1) is 13.7 Å². The van der Waals surface area contributed by atoms with Crippen LogP contribution in [0.15, 0.2) is 42.5 Å². The first-order chi connectivity index (χ1) is 9.63. The van der Waals surface area contributed by atoms with Gasteiger partial charge in [-0.05, 0) is 45.9 Å². The maximum Gasteiger partial charge on any atom is 0.274 e. The lowest BCUT2D eigenvalue weighted by molar-refractivity contribution is -0.385. The van der Waals surface area contributed by atoms with E-state index in [0.29, 0.717) is 6.54 Å². The number of hydrogen-bond donors (Lipinski definition) is 0. The molecule has 20 heavy (non-hydrogen) atoms. The molecule has 3 rings (SSSR count). The van der Waals surface area contributed by atoms with Crippen molar-refractivity contribution in [2.75, 3.05) is 0 Å². The van der Waals surface area contributed by atoms with Crippen LogP contribution in [-0.4, -0.2) is 9.82 Å². The van der Waals surface area contributed by atoms with Gasteiger partial charge in [0, 0.05) is 34.8 Å². The number of benzene rings is 2. The van der Waals surface area contributed by atoms with Crippen LogP contribution in [0.5, 0.6) is 0 Å². The molecule has 1 aliphatic heterocycles. The molecule has 0 spiro atoms. The lowest BCUT2D eigenvalue weighted by Crippen LogP contribution is -2.16. The molecule has 1 aliphatic rings. The van der Waals surface area contributed by atoms with Gasteiger partial charge < -0.3 is 0 Å². The van der Waals surface area contributed by atoms with Crippen molar-refractivity contribution in [3.8, 4) is 0 Å². The first kappa shape index (κ1) is 13.5. The molecule has 0 fully saturated rings. The fourth-order valence-electron chi connectivity index (χ4n) is 2.60. The number of nitrogens with zero attached hydrogens (tertiary/aromatic N) is 2. The highest BCUT2D eigenvalue weighted by Crippen LogP contribution is 2.28. The zero-order chi connectivity index (χ0) is 14.1. The highest BCUT2D eigenvalue weighted by atomic mass is 127. The Morgan fingerprint density at radius 2 is 1.80 bits per heavy atom. The molecule has 0 atom stereocenters. The fraction of sp³-hybridized carbons (Fsp3) is 0.200. The minimum atomic E-state index is -0.291. The summed E-state index contributed by atoms with van der Waals surface area (Å²) in [4.78, 5) is 13.1. The lowest BCUT2D eigenvalue weighted by Gasteiger charge is -2.14. The Kier molecular flexibility index (Phi) is 3.71. The van der Waals surface area contributed by atoms with Gasteiger partial charge in [-0.1, -0.05) is 24.3 Å². The summed E-state index contributed by atoms with van der Waals surface area (Å²) in [6, 6.07) is 13.7. The number of nitro benzene ring substituents is 1. The Labute approximate surface area is 130 Å². The van der Waals surface area contributed by atoms with E-state index in [9.17, 15) is 10.1 Å². The van der Waals surface area contributed by atoms with Gasteiger partial charge in [-0.15, -0.1) is 0 Å². The fourth-order valence-corrected chi connectivity index (χ4v) is 3.07. The first-order valence-corrected chi connectivity index (χ1v) is 7.43. The normalized spacial score (nSPS) is 14.2. The van der Waals surface area contributed by atoms with Gasteiger partial charge in [-0.3, -0.25) is 15.0 Å². The van der Waals surface area contributed by atoms with Gasteiger partial charge >= 0.3 is 0 Å². The van der Waals surface area contributed by atoms with E-state index < -0.39 is 0 Å². The molecule has 0 aromatic heterocycles. The Morgan fingerprint density at radius 3 is 2.40 bits per heavy atom. The molecule has 0 unspecified atom stereocenters. The van der Waals surface area contributed by atoms with E-state index in [2.05, 4.69) is 39.6 Å². The van der Waals surface area contributed by atoms with Gasteiger partial charge in [-0.25, -0.2) is 0 Å². The Hall–Kier alpha value is -1.47. The van der Waals surface area contributed by atoms with Gasteiger partial charge in [0.25, 0.3) is 5.69 Å². The number of nitro groups is 1. The van der Waals surface area contributed by atoms with Crippen molar-refractivity contribution in [3.63, 3.8) is 0 Å². The van der Waals surface area contributed by atoms with Crippen LogP contribution >= 0.6 is 22.6 Å². The van der Waals surface area contributed by atoms with Crippen LogP contribution in [0.4, 0.5) is 5.69 Å². The molecule has 0 radical (unpaired) electrons. The third-order valence-electron chi connectivity index (χ3n) is 3.54. The van der Waals surface area contributed by atoms with Crippen molar-refractivity contribution in [1.29, 1.82) is 0 Å². The predicted octanol–water partition coefficient (Wildman–Crippen LogP) is 3.72. The van der Waals surface area contributed by atoms with Gasteiger partial charge in [0.05, 0.1) is 4.92 Å². The Bertz CT molecular complexity index is 648. The molecule has 0 amide bonds. The molecule has 2 aromatic rings. The molecule has 1 heterocycles.